The first-order valence-electron chi connectivity index (χ1n) is 6.99. The minimum Gasteiger partial charge on any atom is -0.296 e. The summed E-state index contributed by atoms with van der Waals surface area (Å²) < 4.78 is 1.63. The second-order valence-electron chi connectivity index (χ2n) is 5.23. The Kier molecular flexibility index (Phi) is 3.33. The summed E-state index contributed by atoms with van der Waals surface area (Å²) in [5, 5.41) is 3.08. The zero-order chi connectivity index (χ0) is 16.0. The SMILES string of the molecule is O=Cc1c(-c2ccc3ccccc3c2)nc2c(Cl)cc(Cl)cn12. The molecule has 0 N–H and O–H groups in total. The van der Waals surface area contributed by atoms with Gasteiger partial charge in [0.2, 0.25) is 0 Å². The molecule has 0 aliphatic carbocycles. The number of halogens is 2. The van der Waals surface area contributed by atoms with E-state index in [0.717, 1.165) is 22.6 Å². The van der Waals surface area contributed by atoms with E-state index in [9.17, 15) is 4.79 Å². The third-order valence-corrected chi connectivity index (χ3v) is 4.30. The van der Waals surface area contributed by atoms with Gasteiger partial charge < -0.3 is 0 Å². The predicted molar refractivity (Wildman–Crippen MR) is 93.5 cm³/mol. The second-order valence-corrected chi connectivity index (χ2v) is 6.07. The van der Waals surface area contributed by atoms with Crippen molar-refractivity contribution < 1.29 is 4.79 Å². The largest absolute Gasteiger partial charge is 0.296 e. The van der Waals surface area contributed by atoms with Crippen LogP contribution in [0.2, 0.25) is 10.0 Å². The van der Waals surface area contributed by atoms with E-state index in [0.29, 0.717) is 27.1 Å². The number of hydrogen-bond acceptors (Lipinski definition) is 2. The van der Waals surface area contributed by atoms with Crippen LogP contribution in [0.1, 0.15) is 10.5 Å². The van der Waals surface area contributed by atoms with Crippen LogP contribution in [0.5, 0.6) is 0 Å². The van der Waals surface area contributed by atoms with Crippen LogP contribution < -0.4 is 0 Å². The maximum atomic E-state index is 11.6. The molecular weight excluding hydrogens is 331 g/mol. The summed E-state index contributed by atoms with van der Waals surface area (Å²) in [6.07, 6.45) is 2.42. The number of fused-ring (bicyclic) bond motifs is 2. The first-order chi connectivity index (χ1) is 11.2. The van der Waals surface area contributed by atoms with Crippen LogP contribution in [0.3, 0.4) is 0 Å². The Morgan fingerprint density at radius 1 is 1.00 bits per heavy atom. The van der Waals surface area contributed by atoms with Crippen molar-refractivity contribution in [3.63, 3.8) is 0 Å². The topological polar surface area (TPSA) is 34.4 Å². The molecule has 0 spiro atoms. The summed E-state index contributed by atoms with van der Waals surface area (Å²) in [7, 11) is 0. The highest BCUT2D eigenvalue weighted by molar-refractivity contribution is 6.36. The number of benzene rings is 2. The van der Waals surface area contributed by atoms with Gasteiger partial charge in [0.25, 0.3) is 0 Å². The molecule has 4 aromatic rings. The Bertz CT molecular complexity index is 1070. The fourth-order valence-corrected chi connectivity index (χ4v) is 3.27. The van der Waals surface area contributed by atoms with Crippen molar-refractivity contribution >= 4 is 45.9 Å². The van der Waals surface area contributed by atoms with E-state index in [4.69, 9.17) is 23.2 Å². The third-order valence-electron chi connectivity index (χ3n) is 3.81. The van der Waals surface area contributed by atoms with E-state index in [2.05, 4.69) is 4.98 Å². The number of pyridine rings is 1. The van der Waals surface area contributed by atoms with Gasteiger partial charge in [-0.25, -0.2) is 4.98 Å². The van der Waals surface area contributed by atoms with Crippen molar-refractivity contribution in [1.29, 1.82) is 0 Å². The smallest absolute Gasteiger partial charge is 0.169 e. The zero-order valence-corrected chi connectivity index (χ0v) is 13.3. The molecule has 3 nitrogen and oxygen atoms in total. The number of imidazole rings is 1. The number of hydrogen-bond donors (Lipinski definition) is 0. The first-order valence-corrected chi connectivity index (χ1v) is 7.74. The molecule has 0 saturated heterocycles. The second kappa shape index (κ2) is 5.37. The van der Waals surface area contributed by atoms with Crippen molar-refractivity contribution in [2.45, 2.75) is 0 Å². The molecule has 23 heavy (non-hydrogen) atoms. The Morgan fingerprint density at radius 2 is 1.78 bits per heavy atom. The van der Waals surface area contributed by atoms with Crippen LogP contribution in [-0.2, 0) is 0 Å². The summed E-state index contributed by atoms with van der Waals surface area (Å²) in [4.78, 5) is 16.2. The van der Waals surface area contributed by atoms with Crippen molar-refractivity contribution in [3.05, 3.63) is 70.5 Å². The van der Waals surface area contributed by atoms with Crippen molar-refractivity contribution in [3.8, 4) is 11.3 Å². The molecular formula is C18H10Cl2N2O. The molecule has 0 saturated carbocycles. The molecule has 0 atom stereocenters. The van der Waals surface area contributed by atoms with Gasteiger partial charge in [-0.05, 0) is 22.9 Å². The van der Waals surface area contributed by atoms with E-state index in [1.807, 2.05) is 42.5 Å². The minimum absolute atomic E-state index is 0.410. The van der Waals surface area contributed by atoms with Crippen LogP contribution in [0.25, 0.3) is 27.7 Å². The molecule has 0 aliphatic rings. The monoisotopic (exact) mass is 340 g/mol. The Balaban J connectivity index is 2.03. The van der Waals surface area contributed by atoms with E-state index in [1.54, 1.807) is 16.7 Å². The average Bonchev–Trinajstić information content (AvgIpc) is 2.93. The molecule has 0 amide bonds. The van der Waals surface area contributed by atoms with Crippen LogP contribution in [0.4, 0.5) is 0 Å². The highest BCUT2D eigenvalue weighted by Gasteiger charge is 2.16. The molecule has 4 rings (SSSR count). The average molecular weight is 341 g/mol. The molecule has 0 fully saturated rings. The molecule has 2 aromatic carbocycles. The molecule has 2 heterocycles. The fourth-order valence-electron chi connectivity index (χ4n) is 2.75. The number of aldehydes is 1. The van der Waals surface area contributed by atoms with Gasteiger partial charge in [0.05, 0.1) is 10.0 Å². The van der Waals surface area contributed by atoms with Gasteiger partial charge in [0, 0.05) is 11.8 Å². The lowest BCUT2D eigenvalue weighted by molar-refractivity contribution is 0.111. The van der Waals surface area contributed by atoms with Crippen LogP contribution >= 0.6 is 23.2 Å². The van der Waals surface area contributed by atoms with Gasteiger partial charge >= 0.3 is 0 Å². The van der Waals surface area contributed by atoms with E-state index < -0.39 is 0 Å². The number of nitrogens with zero attached hydrogens (tertiary/aromatic N) is 2. The summed E-state index contributed by atoms with van der Waals surface area (Å²) >= 11 is 12.2. The van der Waals surface area contributed by atoms with Gasteiger partial charge in [0.1, 0.15) is 11.4 Å². The minimum atomic E-state index is 0.410. The molecule has 0 aliphatic heterocycles. The molecule has 0 unspecified atom stereocenters. The number of aromatic nitrogens is 2. The van der Waals surface area contributed by atoms with Gasteiger partial charge in [-0.3, -0.25) is 9.20 Å². The van der Waals surface area contributed by atoms with Crippen molar-refractivity contribution in [1.82, 2.24) is 9.38 Å². The zero-order valence-electron chi connectivity index (χ0n) is 11.8. The van der Waals surface area contributed by atoms with Crippen LogP contribution in [0, 0.1) is 0 Å². The van der Waals surface area contributed by atoms with Crippen LogP contribution in [-0.4, -0.2) is 15.7 Å². The van der Waals surface area contributed by atoms with Gasteiger partial charge in [-0.2, -0.15) is 0 Å². The Hall–Kier alpha value is -2.36. The normalized spacial score (nSPS) is 11.2. The Morgan fingerprint density at radius 3 is 2.57 bits per heavy atom. The summed E-state index contributed by atoms with van der Waals surface area (Å²) in [6.45, 7) is 0. The Labute approximate surface area is 142 Å². The lowest BCUT2D eigenvalue weighted by atomic mass is 10.0. The molecule has 0 bridgehead atoms. The first kappa shape index (κ1) is 14.2. The number of carbonyl (C=O) groups excluding carboxylic acids is 1. The molecule has 0 radical (unpaired) electrons. The third kappa shape index (κ3) is 2.29. The lowest BCUT2D eigenvalue weighted by Crippen LogP contribution is -1.92. The van der Waals surface area contributed by atoms with Gasteiger partial charge in [0.15, 0.2) is 11.9 Å². The van der Waals surface area contributed by atoms with E-state index >= 15 is 0 Å². The predicted octanol–water partition coefficient (Wildman–Crippen LogP) is 5.27. The summed E-state index contributed by atoms with van der Waals surface area (Å²) in [6, 6.07) is 15.6. The standard InChI is InChI=1S/C18H10Cl2N2O/c19-14-8-15(20)18-21-17(16(10-23)22(18)9-14)13-6-5-11-3-1-2-4-12(11)7-13/h1-10H. The maximum Gasteiger partial charge on any atom is 0.169 e. The lowest BCUT2D eigenvalue weighted by Gasteiger charge is -2.02. The number of rotatable bonds is 2. The number of carbonyl (C=O) groups is 1. The fraction of sp³-hybridized carbons (Fsp3) is 0. The van der Waals surface area contributed by atoms with Crippen LogP contribution in [0.15, 0.2) is 54.7 Å². The van der Waals surface area contributed by atoms with Crippen molar-refractivity contribution in [2.24, 2.45) is 0 Å². The van der Waals surface area contributed by atoms with E-state index in [1.165, 1.54) is 0 Å². The van der Waals surface area contributed by atoms with E-state index in [-0.39, 0.29) is 0 Å². The summed E-state index contributed by atoms with van der Waals surface area (Å²) in [5.74, 6) is 0. The highest BCUT2D eigenvalue weighted by atomic mass is 35.5. The van der Waals surface area contributed by atoms with Crippen molar-refractivity contribution in [2.75, 3.05) is 0 Å². The maximum absolute atomic E-state index is 11.6. The highest BCUT2D eigenvalue weighted by Crippen LogP contribution is 2.30. The molecule has 5 heteroatoms. The van der Waals surface area contributed by atoms with Gasteiger partial charge in [-0.1, -0.05) is 59.6 Å². The molecule has 2 aromatic heterocycles. The quantitative estimate of drug-likeness (QED) is 0.465. The summed E-state index contributed by atoms with van der Waals surface area (Å²) in [5.41, 5.74) is 2.40. The molecule has 112 valence electrons. The van der Waals surface area contributed by atoms with Gasteiger partial charge in [-0.15, -0.1) is 0 Å².